The molecule has 0 amide bonds. The summed E-state index contributed by atoms with van der Waals surface area (Å²) >= 11 is 7.17. The fraction of sp³-hybridized carbons (Fsp3) is 0.300. The van der Waals surface area contributed by atoms with Crippen molar-refractivity contribution in [2.75, 3.05) is 23.4 Å². The number of anilines is 1. The zero-order valence-electron chi connectivity index (χ0n) is 7.96. The van der Waals surface area contributed by atoms with Crippen LogP contribution in [0.3, 0.4) is 0 Å². The molecule has 1 aromatic heterocycles. The quantitative estimate of drug-likeness (QED) is 0.637. The maximum atomic E-state index is 13.2. The summed E-state index contributed by atoms with van der Waals surface area (Å²) < 4.78 is 13.2. The van der Waals surface area contributed by atoms with Crippen molar-refractivity contribution in [3.8, 4) is 12.3 Å². The molecule has 2 nitrogen and oxygen atoms in total. The van der Waals surface area contributed by atoms with E-state index in [4.69, 9.17) is 18.0 Å². The van der Waals surface area contributed by atoms with Crippen molar-refractivity contribution in [1.29, 1.82) is 0 Å². The van der Waals surface area contributed by atoms with Crippen molar-refractivity contribution >= 4 is 29.2 Å². The van der Waals surface area contributed by atoms with Crippen molar-refractivity contribution in [1.82, 2.24) is 4.98 Å². The second-order valence-corrected chi connectivity index (χ2v) is 4.21. The van der Waals surface area contributed by atoms with Gasteiger partial charge in [0, 0.05) is 18.5 Å². The average Bonchev–Trinajstić information content (AvgIpc) is 2.20. The van der Waals surface area contributed by atoms with Gasteiger partial charge in [-0.3, -0.25) is 0 Å². The van der Waals surface area contributed by atoms with Crippen LogP contribution in [-0.2, 0) is 0 Å². The molecule has 0 aromatic carbocycles. The lowest BCUT2D eigenvalue weighted by atomic mass is 10.4. The van der Waals surface area contributed by atoms with Gasteiger partial charge in [0.15, 0.2) is 11.6 Å². The van der Waals surface area contributed by atoms with E-state index in [0.717, 1.165) is 5.75 Å². The first kappa shape index (κ1) is 12.2. The molecular weight excluding hydrogens is 235 g/mol. The van der Waals surface area contributed by atoms with Gasteiger partial charge in [-0.1, -0.05) is 17.5 Å². The average molecular weight is 245 g/mol. The molecular formula is C10H10ClFN2S. The van der Waals surface area contributed by atoms with Crippen LogP contribution >= 0.6 is 23.4 Å². The van der Waals surface area contributed by atoms with Crippen LogP contribution in [0.2, 0.25) is 5.02 Å². The van der Waals surface area contributed by atoms with Gasteiger partial charge in [-0.2, -0.15) is 0 Å². The first-order chi connectivity index (χ1) is 7.24. The molecule has 15 heavy (non-hydrogen) atoms. The van der Waals surface area contributed by atoms with E-state index in [1.807, 2.05) is 0 Å². The normalized spacial score (nSPS) is 9.67. The molecule has 1 N–H and O–H groups in total. The molecule has 0 saturated carbocycles. The molecule has 0 spiro atoms. The van der Waals surface area contributed by atoms with Crippen LogP contribution in [0.25, 0.3) is 0 Å². The number of rotatable bonds is 5. The van der Waals surface area contributed by atoms with E-state index in [1.54, 1.807) is 11.8 Å². The third-order valence-corrected chi connectivity index (χ3v) is 2.60. The highest BCUT2D eigenvalue weighted by Crippen LogP contribution is 2.15. The molecule has 0 bridgehead atoms. The van der Waals surface area contributed by atoms with Crippen LogP contribution in [0.4, 0.5) is 10.2 Å². The first-order valence-electron chi connectivity index (χ1n) is 4.30. The van der Waals surface area contributed by atoms with Gasteiger partial charge < -0.3 is 5.32 Å². The van der Waals surface area contributed by atoms with Crippen molar-refractivity contribution in [2.45, 2.75) is 0 Å². The van der Waals surface area contributed by atoms with E-state index in [0.29, 0.717) is 17.3 Å². The predicted octanol–water partition coefficient (Wildman–Crippen LogP) is 2.65. The van der Waals surface area contributed by atoms with Crippen molar-refractivity contribution in [2.24, 2.45) is 0 Å². The Labute approximate surface area is 97.6 Å². The topological polar surface area (TPSA) is 24.9 Å². The molecule has 0 fully saturated rings. The number of nitrogens with zero attached hydrogens (tertiary/aromatic N) is 1. The van der Waals surface area contributed by atoms with E-state index in [9.17, 15) is 4.39 Å². The Morgan fingerprint density at radius 2 is 2.47 bits per heavy atom. The third-order valence-electron chi connectivity index (χ3n) is 1.53. The van der Waals surface area contributed by atoms with Gasteiger partial charge in [-0.25, -0.2) is 9.37 Å². The largest absolute Gasteiger partial charge is 0.367 e. The lowest BCUT2D eigenvalue weighted by Gasteiger charge is -2.05. The second kappa shape index (κ2) is 6.54. The molecule has 0 aliphatic heterocycles. The monoisotopic (exact) mass is 244 g/mol. The summed E-state index contributed by atoms with van der Waals surface area (Å²) in [6.07, 6.45) is 6.49. The summed E-state index contributed by atoms with van der Waals surface area (Å²) in [5, 5.41) is 3.16. The van der Waals surface area contributed by atoms with Gasteiger partial charge >= 0.3 is 0 Å². The standard InChI is InChI=1S/C10H10ClFN2S/c1-2-4-15-5-3-13-10-9(12)6-8(11)7-14-10/h1,6-7H,3-5H2,(H,13,14). The molecule has 0 unspecified atom stereocenters. The first-order valence-corrected chi connectivity index (χ1v) is 5.83. The summed E-state index contributed by atoms with van der Waals surface area (Å²) in [5.41, 5.74) is 0. The molecule has 80 valence electrons. The number of pyridine rings is 1. The Kier molecular flexibility index (Phi) is 5.30. The smallest absolute Gasteiger partial charge is 0.166 e. The maximum absolute atomic E-state index is 13.2. The Bertz CT molecular complexity index is 365. The molecule has 0 aliphatic carbocycles. The minimum Gasteiger partial charge on any atom is -0.367 e. The molecule has 1 heterocycles. The van der Waals surface area contributed by atoms with Gasteiger partial charge in [-0.15, -0.1) is 18.2 Å². The SMILES string of the molecule is C#CCSCCNc1ncc(Cl)cc1F. The van der Waals surface area contributed by atoms with Crippen LogP contribution in [-0.4, -0.2) is 23.0 Å². The van der Waals surface area contributed by atoms with Gasteiger partial charge in [0.2, 0.25) is 0 Å². The number of nitrogens with one attached hydrogen (secondary N) is 1. The summed E-state index contributed by atoms with van der Waals surface area (Å²) in [5.74, 6) is 3.77. The fourth-order valence-corrected chi connectivity index (χ4v) is 1.57. The molecule has 1 rings (SSSR count). The van der Waals surface area contributed by atoms with Crippen molar-refractivity contribution < 1.29 is 4.39 Å². The zero-order valence-corrected chi connectivity index (χ0v) is 9.54. The third kappa shape index (κ3) is 4.41. The molecule has 5 heteroatoms. The van der Waals surface area contributed by atoms with Crippen LogP contribution in [0.15, 0.2) is 12.3 Å². The van der Waals surface area contributed by atoms with Crippen molar-refractivity contribution in [3.05, 3.63) is 23.1 Å². The highest BCUT2D eigenvalue weighted by Gasteiger charge is 2.02. The van der Waals surface area contributed by atoms with Gasteiger partial charge in [0.1, 0.15) is 0 Å². The van der Waals surface area contributed by atoms with E-state index in [-0.39, 0.29) is 5.82 Å². The Morgan fingerprint density at radius 3 is 3.13 bits per heavy atom. The van der Waals surface area contributed by atoms with Gasteiger partial charge in [0.05, 0.1) is 10.8 Å². The van der Waals surface area contributed by atoms with E-state index in [1.165, 1.54) is 12.3 Å². The Balaban J connectivity index is 2.35. The van der Waals surface area contributed by atoms with E-state index < -0.39 is 5.82 Å². The minimum absolute atomic E-state index is 0.223. The number of terminal acetylenes is 1. The van der Waals surface area contributed by atoms with Crippen LogP contribution in [0.5, 0.6) is 0 Å². The summed E-state index contributed by atoms with van der Waals surface area (Å²) in [6, 6.07) is 1.23. The van der Waals surface area contributed by atoms with Crippen molar-refractivity contribution in [3.63, 3.8) is 0 Å². The minimum atomic E-state index is -0.440. The van der Waals surface area contributed by atoms with Crippen LogP contribution in [0, 0.1) is 18.2 Å². The lowest BCUT2D eigenvalue weighted by molar-refractivity contribution is 0.625. The van der Waals surface area contributed by atoms with Crippen LogP contribution < -0.4 is 5.32 Å². The van der Waals surface area contributed by atoms with E-state index in [2.05, 4.69) is 16.2 Å². The fourth-order valence-electron chi connectivity index (χ4n) is 0.917. The summed E-state index contributed by atoms with van der Waals surface area (Å²) in [4.78, 5) is 3.83. The lowest BCUT2D eigenvalue weighted by Crippen LogP contribution is -2.07. The summed E-state index contributed by atoms with van der Waals surface area (Å²) in [7, 11) is 0. The van der Waals surface area contributed by atoms with Gasteiger partial charge in [0.25, 0.3) is 0 Å². The second-order valence-electron chi connectivity index (χ2n) is 2.67. The maximum Gasteiger partial charge on any atom is 0.166 e. The predicted molar refractivity (Wildman–Crippen MR) is 63.9 cm³/mol. The highest BCUT2D eigenvalue weighted by molar-refractivity contribution is 7.99. The molecule has 0 saturated heterocycles. The number of hydrogen-bond acceptors (Lipinski definition) is 3. The molecule has 0 aliphatic rings. The van der Waals surface area contributed by atoms with Gasteiger partial charge in [-0.05, 0) is 6.07 Å². The summed E-state index contributed by atoms with van der Waals surface area (Å²) in [6.45, 7) is 0.623. The van der Waals surface area contributed by atoms with Crippen LogP contribution in [0.1, 0.15) is 0 Å². The Hall–Kier alpha value is -0.920. The number of halogens is 2. The zero-order chi connectivity index (χ0) is 11.1. The number of aromatic nitrogens is 1. The number of hydrogen-bond donors (Lipinski definition) is 1. The molecule has 1 aromatic rings. The Morgan fingerprint density at radius 1 is 1.67 bits per heavy atom. The van der Waals surface area contributed by atoms with E-state index >= 15 is 0 Å². The molecule has 0 radical (unpaired) electrons. The highest BCUT2D eigenvalue weighted by atomic mass is 35.5. The molecule has 0 atom stereocenters. The number of thioether (sulfide) groups is 1.